The lowest BCUT2D eigenvalue weighted by molar-refractivity contribution is 0.0771. The van der Waals surface area contributed by atoms with Crippen LogP contribution in [0.2, 0.25) is 0 Å². The first-order valence-corrected chi connectivity index (χ1v) is 9.88. The van der Waals surface area contributed by atoms with Gasteiger partial charge in [-0.2, -0.15) is 0 Å². The molecule has 1 aliphatic rings. The van der Waals surface area contributed by atoms with Crippen LogP contribution < -0.4 is 0 Å². The van der Waals surface area contributed by atoms with Crippen molar-refractivity contribution >= 4 is 5.84 Å². The SMILES string of the molecule is CCCCCCCCCCCC/C=C/CC1=NCCN1C(C)O. The minimum absolute atomic E-state index is 0.411. The molecule has 0 bridgehead atoms. The molecule has 1 aliphatic heterocycles. The first-order valence-electron chi connectivity index (χ1n) is 9.88. The van der Waals surface area contributed by atoms with Gasteiger partial charge in [-0.1, -0.05) is 76.9 Å². The largest absolute Gasteiger partial charge is 0.374 e. The van der Waals surface area contributed by atoms with E-state index in [1.807, 2.05) is 11.8 Å². The van der Waals surface area contributed by atoms with Gasteiger partial charge in [0.15, 0.2) is 0 Å². The van der Waals surface area contributed by atoms with Gasteiger partial charge in [-0.15, -0.1) is 0 Å². The Hall–Kier alpha value is -0.830. The summed E-state index contributed by atoms with van der Waals surface area (Å²) in [7, 11) is 0. The second-order valence-electron chi connectivity index (χ2n) is 6.77. The molecule has 0 spiro atoms. The van der Waals surface area contributed by atoms with Crippen molar-refractivity contribution in [3.63, 3.8) is 0 Å². The lowest BCUT2D eigenvalue weighted by Gasteiger charge is -2.22. The van der Waals surface area contributed by atoms with Crippen molar-refractivity contribution in [2.45, 2.75) is 97.1 Å². The maximum atomic E-state index is 9.65. The summed E-state index contributed by atoms with van der Waals surface area (Å²) in [6, 6.07) is 0. The highest BCUT2D eigenvalue weighted by atomic mass is 16.3. The second-order valence-corrected chi connectivity index (χ2v) is 6.77. The standard InChI is InChI=1S/C20H38N2O/c1-3-4-5-6-7-8-9-10-11-12-13-14-15-16-20-21-17-18-22(20)19(2)23/h14-15,19,23H,3-13,16-18H2,1-2H3/b15-14+. The van der Waals surface area contributed by atoms with Crippen LogP contribution in [0.1, 0.15) is 90.9 Å². The van der Waals surface area contributed by atoms with Gasteiger partial charge >= 0.3 is 0 Å². The molecule has 0 amide bonds. The zero-order valence-corrected chi connectivity index (χ0v) is 15.5. The third-order valence-electron chi connectivity index (χ3n) is 4.61. The average Bonchev–Trinajstić information content (AvgIpc) is 3.00. The van der Waals surface area contributed by atoms with Crippen LogP contribution in [0.25, 0.3) is 0 Å². The molecule has 0 saturated carbocycles. The van der Waals surface area contributed by atoms with E-state index < -0.39 is 6.23 Å². The minimum Gasteiger partial charge on any atom is -0.374 e. The monoisotopic (exact) mass is 322 g/mol. The number of amidine groups is 1. The molecule has 134 valence electrons. The second kappa shape index (κ2) is 13.6. The summed E-state index contributed by atoms with van der Waals surface area (Å²) in [5, 5.41) is 9.65. The van der Waals surface area contributed by atoms with Crippen LogP contribution in [0.3, 0.4) is 0 Å². The molecule has 0 fully saturated rings. The molecule has 1 atom stereocenters. The van der Waals surface area contributed by atoms with E-state index in [0.717, 1.165) is 25.3 Å². The number of rotatable bonds is 14. The highest BCUT2D eigenvalue weighted by Gasteiger charge is 2.18. The summed E-state index contributed by atoms with van der Waals surface area (Å²) in [6.07, 6.45) is 20.1. The van der Waals surface area contributed by atoms with Gasteiger partial charge in [0.1, 0.15) is 12.1 Å². The van der Waals surface area contributed by atoms with Crippen molar-refractivity contribution in [1.29, 1.82) is 0 Å². The number of aliphatic imine (C=N–C) groups is 1. The molecule has 1 unspecified atom stereocenters. The number of allylic oxidation sites excluding steroid dienone is 1. The van der Waals surface area contributed by atoms with E-state index in [1.165, 1.54) is 70.6 Å². The van der Waals surface area contributed by atoms with Crippen LogP contribution in [-0.4, -0.2) is 35.2 Å². The number of aliphatic hydroxyl groups is 1. The Kier molecular flexibility index (Phi) is 11.9. The fourth-order valence-electron chi connectivity index (χ4n) is 3.15. The number of aliphatic hydroxyl groups excluding tert-OH is 1. The predicted molar refractivity (Wildman–Crippen MR) is 101 cm³/mol. The molecule has 0 radical (unpaired) electrons. The van der Waals surface area contributed by atoms with E-state index in [2.05, 4.69) is 24.1 Å². The van der Waals surface area contributed by atoms with Crippen molar-refractivity contribution in [2.24, 2.45) is 4.99 Å². The Morgan fingerprint density at radius 3 is 2.22 bits per heavy atom. The third-order valence-corrected chi connectivity index (χ3v) is 4.61. The Bertz CT molecular complexity index is 337. The lowest BCUT2D eigenvalue weighted by Crippen LogP contribution is -2.35. The first-order chi connectivity index (χ1) is 11.3. The fraction of sp³-hybridized carbons (Fsp3) is 0.850. The number of hydrogen-bond acceptors (Lipinski definition) is 3. The zero-order chi connectivity index (χ0) is 16.8. The summed E-state index contributed by atoms with van der Waals surface area (Å²) in [4.78, 5) is 6.45. The highest BCUT2D eigenvalue weighted by molar-refractivity contribution is 5.85. The summed E-state index contributed by atoms with van der Waals surface area (Å²) in [5.74, 6) is 1.04. The van der Waals surface area contributed by atoms with Crippen molar-refractivity contribution in [3.05, 3.63) is 12.2 Å². The molecule has 0 aliphatic carbocycles. The normalized spacial score (nSPS) is 16.3. The molecule has 0 aromatic rings. The Morgan fingerprint density at radius 2 is 1.61 bits per heavy atom. The third kappa shape index (κ3) is 9.80. The van der Waals surface area contributed by atoms with Crippen molar-refractivity contribution < 1.29 is 5.11 Å². The highest BCUT2D eigenvalue weighted by Crippen LogP contribution is 2.12. The van der Waals surface area contributed by atoms with Crippen LogP contribution in [0.4, 0.5) is 0 Å². The molecule has 0 saturated heterocycles. The fourth-order valence-corrected chi connectivity index (χ4v) is 3.15. The maximum absolute atomic E-state index is 9.65. The van der Waals surface area contributed by atoms with E-state index in [0.29, 0.717) is 0 Å². The van der Waals surface area contributed by atoms with Gasteiger partial charge in [-0.05, 0) is 19.8 Å². The van der Waals surface area contributed by atoms with Crippen LogP contribution in [0.15, 0.2) is 17.1 Å². The molecule has 3 heteroatoms. The lowest BCUT2D eigenvalue weighted by atomic mass is 10.1. The van der Waals surface area contributed by atoms with Crippen LogP contribution >= 0.6 is 0 Å². The van der Waals surface area contributed by atoms with Crippen molar-refractivity contribution in [2.75, 3.05) is 13.1 Å². The Balaban J connectivity index is 1.89. The molecular weight excluding hydrogens is 284 g/mol. The van der Waals surface area contributed by atoms with E-state index in [1.54, 1.807) is 0 Å². The topological polar surface area (TPSA) is 35.8 Å². The molecular formula is C20H38N2O. The van der Waals surface area contributed by atoms with Gasteiger partial charge in [0.05, 0.1) is 6.54 Å². The smallest absolute Gasteiger partial charge is 0.125 e. The molecule has 1 N–H and O–H groups in total. The van der Waals surface area contributed by atoms with E-state index in [9.17, 15) is 5.11 Å². The van der Waals surface area contributed by atoms with Gasteiger partial charge in [0.25, 0.3) is 0 Å². The molecule has 23 heavy (non-hydrogen) atoms. The van der Waals surface area contributed by atoms with Gasteiger partial charge in [0, 0.05) is 13.0 Å². The summed E-state index contributed by atoms with van der Waals surface area (Å²) >= 11 is 0. The predicted octanol–water partition coefficient (Wildman–Crippen LogP) is 5.30. The van der Waals surface area contributed by atoms with E-state index in [-0.39, 0.29) is 0 Å². The molecule has 3 nitrogen and oxygen atoms in total. The van der Waals surface area contributed by atoms with Gasteiger partial charge in [-0.25, -0.2) is 0 Å². The van der Waals surface area contributed by atoms with Crippen LogP contribution in [0, 0.1) is 0 Å². The Labute approximate surface area is 143 Å². The number of nitrogens with zero attached hydrogens (tertiary/aromatic N) is 2. The van der Waals surface area contributed by atoms with Gasteiger partial charge < -0.3 is 10.0 Å². The Morgan fingerprint density at radius 1 is 1.00 bits per heavy atom. The molecule has 1 rings (SSSR count). The summed E-state index contributed by atoms with van der Waals surface area (Å²) < 4.78 is 0. The average molecular weight is 323 g/mol. The number of hydrogen-bond donors (Lipinski definition) is 1. The number of unbranched alkanes of at least 4 members (excludes halogenated alkanes) is 10. The zero-order valence-electron chi connectivity index (χ0n) is 15.5. The van der Waals surface area contributed by atoms with E-state index in [4.69, 9.17) is 0 Å². The summed E-state index contributed by atoms with van der Waals surface area (Å²) in [6.45, 7) is 5.78. The maximum Gasteiger partial charge on any atom is 0.125 e. The molecule has 0 aromatic heterocycles. The first kappa shape index (κ1) is 20.2. The van der Waals surface area contributed by atoms with Crippen molar-refractivity contribution in [3.8, 4) is 0 Å². The van der Waals surface area contributed by atoms with Crippen LogP contribution in [-0.2, 0) is 0 Å². The minimum atomic E-state index is -0.411. The molecule has 0 aromatic carbocycles. The van der Waals surface area contributed by atoms with Crippen molar-refractivity contribution in [1.82, 2.24) is 4.90 Å². The van der Waals surface area contributed by atoms with Gasteiger partial charge in [-0.3, -0.25) is 4.99 Å². The summed E-state index contributed by atoms with van der Waals surface area (Å²) in [5.41, 5.74) is 0. The molecule has 1 heterocycles. The van der Waals surface area contributed by atoms with Gasteiger partial charge in [0.2, 0.25) is 0 Å². The quantitative estimate of drug-likeness (QED) is 0.348. The van der Waals surface area contributed by atoms with E-state index >= 15 is 0 Å². The van der Waals surface area contributed by atoms with Crippen LogP contribution in [0.5, 0.6) is 0 Å².